The van der Waals surface area contributed by atoms with Crippen molar-refractivity contribution in [2.45, 2.75) is 32.6 Å². The smallest absolute Gasteiger partial charge is 0.204 e. The molecule has 1 aliphatic rings. The third-order valence-electron chi connectivity index (χ3n) is 3.42. The van der Waals surface area contributed by atoms with E-state index in [0.29, 0.717) is 17.9 Å². The van der Waals surface area contributed by atoms with Gasteiger partial charge in [-0.15, -0.1) is 11.3 Å². The SMILES string of the molecule is CCCOc1cncc(C(=O)c2cc3c(s2)CCC3)c1. The van der Waals surface area contributed by atoms with Gasteiger partial charge in [0, 0.05) is 16.6 Å². The first-order valence-corrected chi connectivity index (χ1v) is 7.83. The van der Waals surface area contributed by atoms with Gasteiger partial charge in [-0.25, -0.2) is 0 Å². The van der Waals surface area contributed by atoms with E-state index in [9.17, 15) is 4.79 Å². The van der Waals surface area contributed by atoms with Crippen molar-refractivity contribution in [2.24, 2.45) is 0 Å². The van der Waals surface area contributed by atoms with E-state index in [1.807, 2.05) is 0 Å². The number of aryl methyl sites for hydroxylation is 2. The second-order valence-corrected chi connectivity index (χ2v) is 6.14. The highest BCUT2D eigenvalue weighted by atomic mass is 32.1. The van der Waals surface area contributed by atoms with Gasteiger partial charge in [-0.1, -0.05) is 6.92 Å². The van der Waals surface area contributed by atoms with Gasteiger partial charge in [0.05, 0.1) is 17.7 Å². The van der Waals surface area contributed by atoms with Crippen molar-refractivity contribution in [3.63, 3.8) is 0 Å². The Labute approximate surface area is 122 Å². The summed E-state index contributed by atoms with van der Waals surface area (Å²) in [6.07, 6.45) is 7.66. The van der Waals surface area contributed by atoms with Gasteiger partial charge in [0.25, 0.3) is 0 Å². The molecule has 0 saturated carbocycles. The van der Waals surface area contributed by atoms with Crippen LogP contribution in [-0.2, 0) is 12.8 Å². The molecule has 3 rings (SSSR count). The zero-order chi connectivity index (χ0) is 13.9. The van der Waals surface area contributed by atoms with E-state index >= 15 is 0 Å². The Kier molecular flexibility index (Phi) is 3.83. The summed E-state index contributed by atoms with van der Waals surface area (Å²) in [6, 6.07) is 3.84. The van der Waals surface area contributed by atoms with Crippen molar-refractivity contribution in [3.05, 3.63) is 45.4 Å². The number of hydrogen-bond donors (Lipinski definition) is 0. The van der Waals surface area contributed by atoms with E-state index in [0.717, 1.165) is 24.1 Å². The van der Waals surface area contributed by atoms with Crippen LogP contribution in [0.5, 0.6) is 5.75 Å². The molecule has 0 fully saturated rings. The molecule has 3 nitrogen and oxygen atoms in total. The van der Waals surface area contributed by atoms with Crippen LogP contribution in [0.2, 0.25) is 0 Å². The first kappa shape index (κ1) is 13.3. The van der Waals surface area contributed by atoms with Gasteiger partial charge >= 0.3 is 0 Å². The van der Waals surface area contributed by atoms with Gasteiger partial charge in [0.15, 0.2) is 0 Å². The molecule has 0 aromatic carbocycles. The first-order valence-electron chi connectivity index (χ1n) is 7.02. The Hall–Kier alpha value is -1.68. The number of ether oxygens (including phenoxy) is 1. The van der Waals surface area contributed by atoms with Crippen LogP contribution in [0, 0.1) is 0 Å². The number of carbonyl (C=O) groups excluding carboxylic acids is 1. The van der Waals surface area contributed by atoms with E-state index in [1.54, 1.807) is 29.8 Å². The fourth-order valence-corrected chi connectivity index (χ4v) is 3.64. The van der Waals surface area contributed by atoms with Crippen LogP contribution in [-0.4, -0.2) is 17.4 Å². The molecular weight excluding hydrogens is 270 g/mol. The van der Waals surface area contributed by atoms with Crippen LogP contribution < -0.4 is 4.74 Å². The van der Waals surface area contributed by atoms with Crippen LogP contribution >= 0.6 is 11.3 Å². The number of carbonyl (C=O) groups is 1. The summed E-state index contributed by atoms with van der Waals surface area (Å²) in [5.74, 6) is 0.723. The van der Waals surface area contributed by atoms with E-state index in [2.05, 4.69) is 18.0 Å². The number of fused-ring (bicyclic) bond motifs is 1. The quantitative estimate of drug-likeness (QED) is 0.788. The van der Waals surface area contributed by atoms with Crippen molar-refractivity contribution in [3.8, 4) is 5.75 Å². The Morgan fingerprint density at radius 1 is 1.35 bits per heavy atom. The Morgan fingerprint density at radius 3 is 3.05 bits per heavy atom. The summed E-state index contributed by atoms with van der Waals surface area (Å²) in [7, 11) is 0. The van der Waals surface area contributed by atoms with Crippen molar-refractivity contribution in [1.29, 1.82) is 0 Å². The lowest BCUT2D eigenvalue weighted by atomic mass is 10.1. The lowest BCUT2D eigenvalue weighted by Gasteiger charge is -2.05. The maximum Gasteiger partial charge on any atom is 0.204 e. The minimum Gasteiger partial charge on any atom is -0.492 e. The second kappa shape index (κ2) is 5.75. The maximum absolute atomic E-state index is 12.5. The highest BCUT2D eigenvalue weighted by Gasteiger charge is 2.19. The lowest BCUT2D eigenvalue weighted by molar-refractivity contribution is 0.104. The third kappa shape index (κ3) is 2.61. The van der Waals surface area contributed by atoms with Gasteiger partial charge in [0.2, 0.25) is 5.78 Å². The Morgan fingerprint density at radius 2 is 2.25 bits per heavy atom. The molecule has 1 aliphatic carbocycles. The fraction of sp³-hybridized carbons (Fsp3) is 0.375. The number of nitrogens with zero attached hydrogens (tertiary/aromatic N) is 1. The number of thiophene rings is 1. The fourth-order valence-electron chi connectivity index (χ4n) is 2.43. The second-order valence-electron chi connectivity index (χ2n) is 5.00. The molecule has 0 aliphatic heterocycles. The number of aromatic nitrogens is 1. The monoisotopic (exact) mass is 287 g/mol. The first-order chi connectivity index (χ1) is 9.78. The minimum absolute atomic E-state index is 0.0545. The molecule has 2 aromatic heterocycles. The average Bonchev–Trinajstić information content (AvgIpc) is 3.06. The van der Waals surface area contributed by atoms with Crippen LogP contribution in [0.1, 0.15) is 45.4 Å². The van der Waals surface area contributed by atoms with Crippen LogP contribution in [0.25, 0.3) is 0 Å². The molecule has 20 heavy (non-hydrogen) atoms. The molecule has 0 atom stereocenters. The molecule has 2 aromatic rings. The third-order valence-corrected chi connectivity index (χ3v) is 4.65. The predicted octanol–water partition coefficient (Wildman–Crippen LogP) is 3.65. The summed E-state index contributed by atoms with van der Waals surface area (Å²) < 4.78 is 5.53. The topological polar surface area (TPSA) is 39.2 Å². The molecule has 0 bridgehead atoms. The lowest BCUT2D eigenvalue weighted by Crippen LogP contribution is -2.02. The summed E-state index contributed by atoms with van der Waals surface area (Å²) in [4.78, 5) is 18.8. The molecule has 0 saturated heterocycles. The zero-order valence-corrected chi connectivity index (χ0v) is 12.3. The van der Waals surface area contributed by atoms with E-state index < -0.39 is 0 Å². The summed E-state index contributed by atoms with van der Waals surface area (Å²) in [6.45, 7) is 2.70. The van der Waals surface area contributed by atoms with Crippen molar-refractivity contribution in [1.82, 2.24) is 4.98 Å². The molecule has 2 heterocycles. The average molecular weight is 287 g/mol. The van der Waals surface area contributed by atoms with Gasteiger partial charge < -0.3 is 4.74 Å². The van der Waals surface area contributed by atoms with Crippen molar-refractivity contribution < 1.29 is 9.53 Å². The normalized spacial score (nSPS) is 13.2. The molecule has 104 valence electrons. The molecular formula is C16H17NO2S. The number of ketones is 1. The summed E-state index contributed by atoms with van der Waals surface area (Å²) in [5.41, 5.74) is 1.96. The zero-order valence-electron chi connectivity index (χ0n) is 11.5. The molecule has 0 spiro atoms. The van der Waals surface area contributed by atoms with Crippen molar-refractivity contribution in [2.75, 3.05) is 6.61 Å². The van der Waals surface area contributed by atoms with Crippen molar-refractivity contribution >= 4 is 17.1 Å². The largest absolute Gasteiger partial charge is 0.492 e. The minimum atomic E-state index is 0.0545. The standard InChI is InChI=1S/C16H17NO2S/c1-2-6-19-13-7-12(9-17-10-13)16(18)15-8-11-4-3-5-14(11)20-15/h7-10H,2-6H2,1H3. The molecule has 4 heteroatoms. The van der Waals surface area contributed by atoms with Gasteiger partial charge in [-0.2, -0.15) is 0 Å². The highest BCUT2D eigenvalue weighted by molar-refractivity contribution is 7.14. The Balaban J connectivity index is 1.82. The molecule has 0 unspecified atom stereocenters. The Bertz CT molecular complexity index is 612. The van der Waals surface area contributed by atoms with Gasteiger partial charge in [-0.05, 0) is 43.4 Å². The summed E-state index contributed by atoms with van der Waals surface area (Å²) in [5, 5.41) is 0. The van der Waals surface area contributed by atoms with Crippen LogP contribution in [0.3, 0.4) is 0 Å². The van der Waals surface area contributed by atoms with E-state index in [4.69, 9.17) is 4.74 Å². The number of rotatable bonds is 5. The van der Waals surface area contributed by atoms with E-state index in [-0.39, 0.29) is 5.78 Å². The van der Waals surface area contributed by atoms with Gasteiger partial charge in [0.1, 0.15) is 5.75 Å². The predicted molar refractivity (Wildman–Crippen MR) is 79.8 cm³/mol. The number of pyridine rings is 1. The molecule has 0 N–H and O–H groups in total. The van der Waals surface area contributed by atoms with E-state index in [1.165, 1.54) is 16.9 Å². The molecule has 0 radical (unpaired) electrons. The highest BCUT2D eigenvalue weighted by Crippen LogP contribution is 2.32. The summed E-state index contributed by atoms with van der Waals surface area (Å²) >= 11 is 1.63. The van der Waals surface area contributed by atoms with Crippen LogP contribution in [0.15, 0.2) is 24.5 Å². The molecule has 0 amide bonds. The maximum atomic E-state index is 12.5. The number of hydrogen-bond acceptors (Lipinski definition) is 4. The van der Waals surface area contributed by atoms with Crippen LogP contribution in [0.4, 0.5) is 0 Å². The van der Waals surface area contributed by atoms with Gasteiger partial charge in [-0.3, -0.25) is 9.78 Å².